The Bertz CT molecular complexity index is 969. The fraction of sp³-hybridized carbons (Fsp3) is 0.381. The van der Waals surface area contributed by atoms with Crippen LogP contribution in [0.5, 0.6) is 0 Å². The monoisotopic (exact) mass is 399 g/mol. The van der Waals surface area contributed by atoms with Crippen LogP contribution >= 0.6 is 0 Å². The Balaban J connectivity index is 1.49. The average molecular weight is 400 g/mol. The SMILES string of the molecule is CN(c1ccccc1)S(=O)(=O)c1cccc(NC(=O)C2CC23CCNCC3)c1. The Hall–Kier alpha value is -2.38. The van der Waals surface area contributed by atoms with Crippen molar-refractivity contribution in [1.82, 2.24) is 5.32 Å². The van der Waals surface area contributed by atoms with E-state index in [1.165, 1.54) is 17.4 Å². The smallest absolute Gasteiger partial charge is 0.264 e. The zero-order chi connectivity index (χ0) is 19.8. The van der Waals surface area contributed by atoms with Crippen LogP contribution < -0.4 is 14.9 Å². The third kappa shape index (κ3) is 3.52. The summed E-state index contributed by atoms with van der Waals surface area (Å²) in [6.45, 7) is 1.92. The largest absolute Gasteiger partial charge is 0.326 e. The molecular weight excluding hydrogens is 374 g/mol. The van der Waals surface area contributed by atoms with Gasteiger partial charge in [0.1, 0.15) is 0 Å². The predicted octanol–water partition coefficient (Wildman–Crippen LogP) is 2.84. The topological polar surface area (TPSA) is 78.5 Å². The molecule has 2 aromatic carbocycles. The molecule has 28 heavy (non-hydrogen) atoms. The summed E-state index contributed by atoms with van der Waals surface area (Å²) in [6, 6.07) is 15.4. The first-order chi connectivity index (χ1) is 13.4. The highest BCUT2D eigenvalue weighted by Crippen LogP contribution is 2.58. The highest BCUT2D eigenvalue weighted by Gasteiger charge is 2.57. The van der Waals surface area contributed by atoms with Crippen LogP contribution in [0, 0.1) is 11.3 Å². The maximum atomic E-state index is 13.0. The standard InChI is InChI=1S/C21H25N3O3S/c1-24(17-7-3-2-4-8-17)28(26,27)18-9-5-6-16(14-18)23-20(25)19-15-21(19)10-12-22-13-11-21/h2-9,14,19,22H,10-13,15H2,1H3,(H,23,25). The van der Waals surface area contributed by atoms with E-state index < -0.39 is 10.0 Å². The number of para-hydroxylation sites is 1. The zero-order valence-corrected chi connectivity index (χ0v) is 16.7. The molecule has 1 atom stereocenters. The Labute approximate surface area is 166 Å². The summed E-state index contributed by atoms with van der Waals surface area (Å²) < 4.78 is 27.2. The second kappa shape index (κ2) is 7.22. The van der Waals surface area contributed by atoms with Crippen molar-refractivity contribution in [3.05, 3.63) is 54.6 Å². The zero-order valence-electron chi connectivity index (χ0n) is 15.9. The molecule has 1 aliphatic carbocycles. The molecule has 1 spiro atoms. The van der Waals surface area contributed by atoms with Crippen molar-refractivity contribution >= 4 is 27.3 Å². The summed E-state index contributed by atoms with van der Waals surface area (Å²) in [7, 11) is -2.18. The van der Waals surface area contributed by atoms with Gasteiger partial charge in [-0.2, -0.15) is 0 Å². The Morgan fingerprint density at radius 2 is 1.82 bits per heavy atom. The number of sulfonamides is 1. The molecule has 1 saturated carbocycles. The molecule has 2 N–H and O–H groups in total. The number of anilines is 2. The maximum absolute atomic E-state index is 13.0. The number of piperidine rings is 1. The van der Waals surface area contributed by atoms with Gasteiger partial charge in [-0.15, -0.1) is 0 Å². The van der Waals surface area contributed by atoms with Crippen LogP contribution in [-0.4, -0.2) is 34.5 Å². The van der Waals surface area contributed by atoms with Crippen molar-refractivity contribution in [2.75, 3.05) is 29.8 Å². The molecule has 2 aromatic rings. The summed E-state index contributed by atoms with van der Waals surface area (Å²) in [5.41, 5.74) is 1.25. The van der Waals surface area contributed by atoms with E-state index in [-0.39, 0.29) is 22.1 Å². The summed E-state index contributed by atoms with van der Waals surface area (Å²) in [5, 5.41) is 6.26. The highest BCUT2D eigenvalue weighted by atomic mass is 32.2. The van der Waals surface area contributed by atoms with Crippen LogP contribution in [0.3, 0.4) is 0 Å². The first-order valence-electron chi connectivity index (χ1n) is 9.58. The fourth-order valence-electron chi connectivity index (χ4n) is 4.09. The summed E-state index contributed by atoms with van der Waals surface area (Å²) >= 11 is 0. The molecule has 1 amide bonds. The third-order valence-corrected chi connectivity index (χ3v) is 7.77. The first-order valence-corrected chi connectivity index (χ1v) is 11.0. The Kier molecular flexibility index (Phi) is 4.89. The van der Waals surface area contributed by atoms with Crippen LogP contribution in [0.4, 0.5) is 11.4 Å². The lowest BCUT2D eigenvalue weighted by Gasteiger charge is -2.23. The van der Waals surface area contributed by atoms with E-state index in [1.54, 1.807) is 42.5 Å². The number of amides is 1. The van der Waals surface area contributed by atoms with Gasteiger partial charge in [0.25, 0.3) is 10.0 Å². The average Bonchev–Trinajstić information content (AvgIpc) is 3.41. The number of carbonyl (C=O) groups is 1. The molecule has 148 valence electrons. The second-order valence-electron chi connectivity index (χ2n) is 7.69. The second-order valence-corrected chi connectivity index (χ2v) is 9.66. The van der Waals surface area contributed by atoms with Gasteiger partial charge in [-0.25, -0.2) is 8.42 Å². The molecule has 0 radical (unpaired) electrons. The van der Waals surface area contributed by atoms with Gasteiger partial charge in [0, 0.05) is 18.7 Å². The van der Waals surface area contributed by atoms with E-state index >= 15 is 0 Å². The van der Waals surface area contributed by atoms with E-state index in [0.717, 1.165) is 32.4 Å². The molecule has 2 fully saturated rings. The van der Waals surface area contributed by atoms with E-state index in [1.807, 2.05) is 6.07 Å². The molecule has 1 aliphatic heterocycles. The van der Waals surface area contributed by atoms with Crippen LogP contribution in [0.1, 0.15) is 19.3 Å². The minimum atomic E-state index is -3.71. The van der Waals surface area contributed by atoms with Crippen molar-refractivity contribution in [2.24, 2.45) is 11.3 Å². The number of carbonyl (C=O) groups excluding carboxylic acids is 1. The molecule has 1 saturated heterocycles. The molecule has 0 aromatic heterocycles. The molecule has 4 rings (SSSR count). The molecule has 1 heterocycles. The van der Waals surface area contributed by atoms with E-state index in [2.05, 4.69) is 10.6 Å². The van der Waals surface area contributed by atoms with Crippen LogP contribution in [0.15, 0.2) is 59.5 Å². The summed E-state index contributed by atoms with van der Waals surface area (Å²) in [5.74, 6) is 0.0229. The quantitative estimate of drug-likeness (QED) is 0.810. The first kappa shape index (κ1) is 19.0. The normalized spacial score (nSPS) is 20.5. The molecular formula is C21H25N3O3S. The van der Waals surface area contributed by atoms with Gasteiger partial charge in [0.05, 0.1) is 10.6 Å². The number of nitrogens with zero attached hydrogens (tertiary/aromatic N) is 1. The Morgan fingerprint density at radius 3 is 2.54 bits per heavy atom. The molecule has 0 bridgehead atoms. The molecule has 2 aliphatic rings. The number of rotatable bonds is 5. The molecule has 1 unspecified atom stereocenters. The van der Waals surface area contributed by atoms with Crippen molar-refractivity contribution in [3.63, 3.8) is 0 Å². The Morgan fingerprint density at radius 1 is 1.11 bits per heavy atom. The van der Waals surface area contributed by atoms with Gasteiger partial charge in [-0.1, -0.05) is 24.3 Å². The fourth-order valence-corrected chi connectivity index (χ4v) is 5.34. The van der Waals surface area contributed by atoms with Crippen LogP contribution in [-0.2, 0) is 14.8 Å². The van der Waals surface area contributed by atoms with Crippen molar-refractivity contribution in [2.45, 2.75) is 24.2 Å². The highest BCUT2D eigenvalue weighted by molar-refractivity contribution is 7.92. The lowest BCUT2D eigenvalue weighted by molar-refractivity contribution is -0.118. The minimum absolute atomic E-state index is 0.00661. The molecule has 7 heteroatoms. The maximum Gasteiger partial charge on any atom is 0.264 e. The predicted molar refractivity (Wildman–Crippen MR) is 110 cm³/mol. The number of nitrogens with one attached hydrogen (secondary N) is 2. The number of hydrogen-bond acceptors (Lipinski definition) is 4. The lowest BCUT2D eigenvalue weighted by Crippen LogP contribution is -2.31. The molecule has 6 nitrogen and oxygen atoms in total. The van der Waals surface area contributed by atoms with Gasteiger partial charge in [0.15, 0.2) is 0 Å². The number of benzene rings is 2. The van der Waals surface area contributed by atoms with Gasteiger partial charge >= 0.3 is 0 Å². The van der Waals surface area contributed by atoms with E-state index in [0.29, 0.717) is 11.4 Å². The minimum Gasteiger partial charge on any atom is -0.326 e. The van der Waals surface area contributed by atoms with E-state index in [4.69, 9.17) is 0 Å². The van der Waals surface area contributed by atoms with Crippen molar-refractivity contribution in [1.29, 1.82) is 0 Å². The third-order valence-electron chi connectivity index (χ3n) is 5.99. The van der Waals surface area contributed by atoms with Gasteiger partial charge in [-0.3, -0.25) is 9.10 Å². The van der Waals surface area contributed by atoms with Gasteiger partial charge in [-0.05, 0) is 68.1 Å². The van der Waals surface area contributed by atoms with Crippen LogP contribution in [0.2, 0.25) is 0 Å². The lowest BCUT2D eigenvalue weighted by atomic mass is 9.92. The van der Waals surface area contributed by atoms with Crippen molar-refractivity contribution in [3.8, 4) is 0 Å². The van der Waals surface area contributed by atoms with E-state index in [9.17, 15) is 13.2 Å². The summed E-state index contributed by atoms with van der Waals surface area (Å²) in [4.78, 5) is 12.8. The van der Waals surface area contributed by atoms with Gasteiger partial charge < -0.3 is 10.6 Å². The summed E-state index contributed by atoms with van der Waals surface area (Å²) in [6.07, 6.45) is 2.98. The number of hydrogen-bond donors (Lipinski definition) is 2. The van der Waals surface area contributed by atoms with Gasteiger partial charge in [0.2, 0.25) is 5.91 Å². The van der Waals surface area contributed by atoms with Crippen LogP contribution in [0.25, 0.3) is 0 Å². The van der Waals surface area contributed by atoms with Crippen molar-refractivity contribution < 1.29 is 13.2 Å².